The maximum Gasteiger partial charge on any atom is 0.270 e. The Labute approximate surface area is 273 Å². The number of nitrogens with two attached hydrogens (primary N) is 1. The Morgan fingerprint density at radius 2 is 1.17 bits per heavy atom. The lowest BCUT2D eigenvalue weighted by molar-refractivity contribution is -0.384. The van der Waals surface area contributed by atoms with Crippen LogP contribution in [-0.2, 0) is 32.4 Å². The van der Waals surface area contributed by atoms with E-state index in [1.54, 1.807) is 24.3 Å². The van der Waals surface area contributed by atoms with Crippen molar-refractivity contribution in [1.29, 1.82) is 0 Å². The molecule has 0 aliphatic carbocycles. The molecule has 248 valence electrons. The summed E-state index contributed by atoms with van der Waals surface area (Å²) in [5.74, 6) is 0. The monoisotopic (exact) mass is 641 g/mol. The van der Waals surface area contributed by atoms with Crippen molar-refractivity contribution in [3.05, 3.63) is 91.9 Å². The van der Waals surface area contributed by atoms with Gasteiger partial charge in [0, 0.05) is 64.9 Å². The molecule has 13 nitrogen and oxygen atoms in total. The summed E-state index contributed by atoms with van der Waals surface area (Å²) in [4.78, 5) is 20.6. The summed E-state index contributed by atoms with van der Waals surface area (Å²) in [5, 5.41) is 40.4. The van der Waals surface area contributed by atoms with E-state index in [-0.39, 0.29) is 21.2 Å². The Morgan fingerprint density at radius 3 is 1.68 bits per heavy atom. The second-order valence-corrected chi connectivity index (χ2v) is 11.2. The minimum atomic E-state index is -0.387. The van der Waals surface area contributed by atoms with E-state index in [0.717, 1.165) is 90.5 Å². The predicted octanol–water partition coefficient (Wildman–Crippen LogP) is 7.93. The summed E-state index contributed by atoms with van der Waals surface area (Å²) in [6.07, 6.45) is 5.82. The van der Waals surface area contributed by atoms with E-state index >= 15 is 0 Å². The molecule has 0 saturated heterocycles. The average Bonchev–Trinajstić information content (AvgIpc) is 3.75. The molecule has 3 aromatic carbocycles. The van der Waals surface area contributed by atoms with Crippen molar-refractivity contribution in [3.63, 3.8) is 0 Å². The molecule has 0 aliphatic heterocycles. The summed E-state index contributed by atoms with van der Waals surface area (Å²) in [6, 6.07) is 15.7. The third-order valence-corrected chi connectivity index (χ3v) is 7.77. The molecule has 0 fully saturated rings. The number of rotatable bonds is 10. The van der Waals surface area contributed by atoms with Gasteiger partial charge in [-0.2, -0.15) is 15.3 Å². The fourth-order valence-electron chi connectivity index (χ4n) is 5.54. The molecule has 0 saturated carbocycles. The van der Waals surface area contributed by atoms with Crippen molar-refractivity contribution < 1.29 is 9.85 Å². The van der Waals surface area contributed by atoms with Gasteiger partial charge < -0.3 is 5.73 Å². The lowest BCUT2D eigenvalue weighted by atomic mass is 10.1. The maximum absolute atomic E-state index is 10.8. The summed E-state index contributed by atoms with van der Waals surface area (Å²) in [6.45, 7) is 12.1. The van der Waals surface area contributed by atoms with Gasteiger partial charge in [0.25, 0.3) is 11.4 Å². The van der Waals surface area contributed by atoms with Gasteiger partial charge in [0.1, 0.15) is 0 Å². The molecule has 3 N–H and O–H groups in total. The van der Waals surface area contributed by atoms with Gasteiger partial charge in [-0.3, -0.25) is 34.7 Å². The highest BCUT2D eigenvalue weighted by molar-refractivity contribution is 5.86. The molecule has 0 aliphatic rings. The summed E-state index contributed by atoms with van der Waals surface area (Å²) in [5.41, 5.74) is 12.9. The number of nitrogen functional groups attached to an aromatic ring is 1. The van der Waals surface area contributed by atoms with E-state index in [1.165, 1.54) is 28.7 Å². The number of nitro benzene ring substituents is 2. The first-order valence-electron chi connectivity index (χ1n) is 16.2. The zero-order valence-electron chi connectivity index (χ0n) is 27.7. The lowest BCUT2D eigenvalue weighted by Crippen LogP contribution is -1.96. The van der Waals surface area contributed by atoms with Gasteiger partial charge in [0.15, 0.2) is 0 Å². The molecule has 0 bridgehead atoms. The molecule has 0 spiro atoms. The van der Waals surface area contributed by atoms with Gasteiger partial charge in [-0.05, 0) is 63.4 Å². The second-order valence-electron chi connectivity index (χ2n) is 11.2. The van der Waals surface area contributed by atoms with Gasteiger partial charge in [-0.25, -0.2) is 0 Å². The van der Waals surface area contributed by atoms with Gasteiger partial charge in [-0.1, -0.05) is 40.0 Å². The Balaban J connectivity index is 0.000000160. The normalized spacial score (nSPS) is 10.9. The van der Waals surface area contributed by atoms with Crippen molar-refractivity contribution in [2.75, 3.05) is 5.73 Å². The van der Waals surface area contributed by atoms with Gasteiger partial charge in [-0.15, -0.1) is 0 Å². The van der Waals surface area contributed by atoms with E-state index in [1.807, 2.05) is 28.4 Å². The first-order chi connectivity index (χ1) is 22.6. The van der Waals surface area contributed by atoms with Crippen molar-refractivity contribution in [3.8, 4) is 0 Å². The fraction of sp³-hybridized carbons (Fsp3) is 0.382. The first-order valence-corrected chi connectivity index (χ1v) is 16.2. The number of aromatic nitrogens is 6. The maximum atomic E-state index is 10.8. The van der Waals surface area contributed by atoms with Gasteiger partial charge in [0.05, 0.1) is 37.8 Å². The fourth-order valence-corrected chi connectivity index (χ4v) is 5.54. The standard InChI is InChI=1S/C12H15N3O2.C12H17N3.C10H11N3O2/c1-3-5-11-10-8-9(15(16)17)6-7-12(10)14(4-2)13-11;1-3-5-11-10-8-9(13)6-7-12(10)15(4-2)14-11;1-2-3-9-8-6-7(13(14)15)4-5-10(8)12-11-9/h6-8H,3-5H2,1-2H3;6-8H,3-5,13H2,1-2H3;4-6H,2-3H2,1H3,(H,11,12). The van der Waals surface area contributed by atoms with Crippen LogP contribution in [0.4, 0.5) is 17.1 Å². The number of anilines is 1. The molecule has 6 aromatic rings. The smallest absolute Gasteiger partial charge is 0.270 e. The predicted molar refractivity (Wildman–Crippen MR) is 187 cm³/mol. The zero-order valence-corrected chi connectivity index (χ0v) is 27.7. The van der Waals surface area contributed by atoms with E-state index in [9.17, 15) is 20.2 Å². The Kier molecular flexibility index (Phi) is 11.6. The van der Waals surface area contributed by atoms with Crippen LogP contribution in [0.2, 0.25) is 0 Å². The molecule has 3 aromatic heterocycles. The topological polar surface area (TPSA) is 177 Å². The van der Waals surface area contributed by atoms with Crippen molar-refractivity contribution in [2.45, 2.75) is 86.2 Å². The van der Waals surface area contributed by atoms with Crippen LogP contribution in [0.5, 0.6) is 0 Å². The third kappa shape index (κ3) is 7.91. The minimum Gasteiger partial charge on any atom is -0.399 e. The van der Waals surface area contributed by atoms with Gasteiger partial charge in [0.2, 0.25) is 0 Å². The number of aromatic amines is 1. The molecule has 6 rings (SSSR count). The van der Waals surface area contributed by atoms with Crippen LogP contribution in [0.1, 0.15) is 71.0 Å². The number of H-pyrrole nitrogens is 1. The quantitative estimate of drug-likeness (QED) is 0.0860. The molecule has 47 heavy (non-hydrogen) atoms. The molecular formula is C34H43N9O4. The number of hydrogen-bond donors (Lipinski definition) is 2. The third-order valence-electron chi connectivity index (χ3n) is 7.77. The molecule has 0 unspecified atom stereocenters. The average molecular weight is 642 g/mol. The van der Waals surface area contributed by atoms with Crippen LogP contribution in [0.3, 0.4) is 0 Å². The summed E-state index contributed by atoms with van der Waals surface area (Å²) < 4.78 is 3.93. The highest BCUT2D eigenvalue weighted by Gasteiger charge is 2.14. The molecule has 13 heteroatoms. The minimum absolute atomic E-state index is 0.112. The molecule has 0 atom stereocenters. The van der Waals surface area contributed by atoms with Crippen LogP contribution in [-0.4, -0.2) is 39.6 Å². The number of non-ortho nitro benzene ring substituents is 2. The van der Waals surface area contributed by atoms with Crippen LogP contribution in [0, 0.1) is 20.2 Å². The second kappa shape index (κ2) is 15.8. The van der Waals surface area contributed by atoms with Crippen LogP contribution < -0.4 is 5.73 Å². The number of aryl methyl sites for hydroxylation is 5. The molecule has 3 heterocycles. The lowest BCUT2D eigenvalue weighted by Gasteiger charge is -1.97. The summed E-state index contributed by atoms with van der Waals surface area (Å²) in [7, 11) is 0. The number of fused-ring (bicyclic) bond motifs is 3. The van der Waals surface area contributed by atoms with E-state index in [0.29, 0.717) is 0 Å². The highest BCUT2D eigenvalue weighted by atomic mass is 16.6. The van der Waals surface area contributed by atoms with Gasteiger partial charge >= 0.3 is 0 Å². The summed E-state index contributed by atoms with van der Waals surface area (Å²) >= 11 is 0. The molecule has 0 radical (unpaired) electrons. The van der Waals surface area contributed by atoms with Crippen molar-refractivity contribution in [1.82, 2.24) is 29.8 Å². The Morgan fingerprint density at radius 1 is 0.681 bits per heavy atom. The number of nitro groups is 2. The highest BCUT2D eigenvalue weighted by Crippen LogP contribution is 2.26. The largest absolute Gasteiger partial charge is 0.399 e. The van der Waals surface area contributed by atoms with Crippen LogP contribution in [0.15, 0.2) is 54.6 Å². The Bertz CT molecular complexity index is 1990. The SMILES string of the molecule is CCCc1[nH]nc2ccc([N+](=O)[O-])cc12.CCCc1nn(CC)c2ccc(N)cc12.CCCc1nn(CC)c2ccc([N+](=O)[O-])cc12. The zero-order chi connectivity index (χ0) is 34.1. The van der Waals surface area contributed by atoms with E-state index < -0.39 is 0 Å². The van der Waals surface area contributed by atoms with Crippen LogP contribution >= 0.6 is 0 Å². The van der Waals surface area contributed by atoms with Crippen LogP contribution in [0.25, 0.3) is 32.7 Å². The number of benzene rings is 3. The number of hydrogen-bond acceptors (Lipinski definition) is 8. The number of nitrogens with zero attached hydrogens (tertiary/aromatic N) is 7. The molecule has 0 amide bonds. The molecular weight excluding hydrogens is 598 g/mol. The van der Waals surface area contributed by atoms with Crippen molar-refractivity contribution in [2.24, 2.45) is 0 Å². The van der Waals surface area contributed by atoms with Crippen molar-refractivity contribution >= 4 is 49.8 Å². The van der Waals surface area contributed by atoms with E-state index in [4.69, 9.17) is 5.73 Å². The Hall–Kier alpha value is -5.33. The first kappa shape index (κ1) is 34.5. The van der Waals surface area contributed by atoms with E-state index in [2.05, 4.69) is 54.2 Å². The number of nitrogens with one attached hydrogen (secondary N) is 1.